The van der Waals surface area contributed by atoms with Crippen molar-refractivity contribution >= 4 is 33.1 Å². The van der Waals surface area contributed by atoms with Crippen LogP contribution in [0.4, 0.5) is 5.82 Å². The molecule has 3 aromatic rings. The maximum atomic E-state index is 6.21. The van der Waals surface area contributed by atoms with Crippen LogP contribution in [0.25, 0.3) is 21.7 Å². The summed E-state index contributed by atoms with van der Waals surface area (Å²) in [6.45, 7) is 0. The molecule has 2 N–H and O–H groups in total. The third kappa shape index (κ3) is 2.45. The van der Waals surface area contributed by atoms with Crippen molar-refractivity contribution in [1.29, 1.82) is 0 Å². The SMILES string of the molecule is COc1ccc(Br)c(-c2nn(C)c(N)c2-c2cccs2)c1. The largest absolute Gasteiger partial charge is 0.497 e. The smallest absolute Gasteiger partial charge is 0.130 e. The van der Waals surface area contributed by atoms with Crippen LogP contribution in [0.2, 0.25) is 0 Å². The second-order valence-corrected chi connectivity index (χ2v) is 6.36. The average molecular weight is 364 g/mol. The minimum Gasteiger partial charge on any atom is -0.497 e. The van der Waals surface area contributed by atoms with E-state index >= 15 is 0 Å². The molecule has 0 aliphatic rings. The summed E-state index contributed by atoms with van der Waals surface area (Å²) in [4.78, 5) is 1.10. The first-order valence-electron chi connectivity index (χ1n) is 6.32. The van der Waals surface area contributed by atoms with E-state index in [0.29, 0.717) is 5.82 Å². The molecule has 3 rings (SSSR count). The van der Waals surface area contributed by atoms with Crippen LogP contribution < -0.4 is 10.5 Å². The highest BCUT2D eigenvalue weighted by Gasteiger charge is 2.20. The minimum atomic E-state index is 0.655. The van der Waals surface area contributed by atoms with Gasteiger partial charge in [0.2, 0.25) is 0 Å². The molecule has 2 aromatic heterocycles. The van der Waals surface area contributed by atoms with Gasteiger partial charge in [0, 0.05) is 22.0 Å². The molecule has 0 saturated heterocycles. The molecule has 21 heavy (non-hydrogen) atoms. The summed E-state index contributed by atoms with van der Waals surface area (Å²) in [6, 6.07) is 9.89. The van der Waals surface area contributed by atoms with Crippen LogP contribution in [-0.2, 0) is 7.05 Å². The molecule has 0 fully saturated rings. The van der Waals surface area contributed by atoms with Crippen molar-refractivity contribution in [2.45, 2.75) is 0 Å². The summed E-state index contributed by atoms with van der Waals surface area (Å²) in [5.74, 6) is 1.44. The summed E-state index contributed by atoms with van der Waals surface area (Å²) in [5, 5.41) is 6.62. The van der Waals surface area contributed by atoms with Crippen molar-refractivity contribution < 1.29 is 4.74 Å². The van der Waals surface area contributed by atoms with E-state index in [1.165, 1.54) is 0 Å². The number of nitrogens with two attached hydrogens (primary N) is 1. The van der Waals surface area contributed by atoms with Crippen LogP contribution in [0, 0.1) is 0 Å². The topological polar surface area (TPSA) is 53.1 Å². The number of anilines is 1. The Labute approximate surface area is 135 Å². The van der Waals surface area contributed by atoms with Crippen LogP contribution >= 0.6 is 27.3 Å². The van der Waals surface area contributed by atoms with Gasteiger partial charge in [-0.1, -0.05) is 22.0 Å². The van der Waals surface area contributed by atoms with Gasteiger partial charge < -0.3 is 10.5 Å². The number of aryl methyl sites for hydroxylation is 1. The standard InChI is InChI=1S/C15H14BrN3OS/c1-19-15(17)13(12-4-3-7-21-12)14(18-19)10-8-9(20-2)5-6-11(10)16/h3-8H,17H2,1-2H3. The zero-order chi connectivity index (χ0) is 15.0. The van der Waals surface area contributed by atoms with E-state index in [-0.39, 0.29) is 0 Å². The highest BCUT2D eigenvalue weighted by Crippen LogP contribution is 2.41. The Hall–Kier alpha value is -1.79. The quantitative estimate of drug-likeness (QED) is 0.759. The third-order valence-corrected chi connectivity index (χ3v) is 4.87. The van der Waals surface area contributed by atoms with Crippen LogP contribution in [-0.4, -0.2) is 16.9 Å². The molecule has 0 aliphatic heterocycles. The summed E-state index contributed by atoms with van der Waals surface area (Å²) in [5.41, 5.74) is 8.99. The van der Waals surface area contributed by atoms with Gasteiger partial charge in [0.25, 0.3) is 0 Å². The first-order valence-corrected chi connectivity index (χ1v) is 7.99. The highest BCUT2D eigenvalue weighted by molar-refractivity contribution is 9.10. The summed E-state index contributed by atoms with van der Waals surface area (Å²) < 4.78 is 7.98. The molecule has 108 valence electrons. The van der Waals surface area contributed by atoms with Gasteiger partial charge in [0.1, 0.15) is 17.3 Å². The van der Waals surface area contributed by atoms with Crippen molar-refractivity contribution in [3.63, 3.8) is 0 Å². The van der Waals surface area contributed by atoms with Crippen LogP contribution in [0.5, 0.6) is 5.75 Å². The molecule has 0 atom stereocenters. The molecule has 4 nitrogen and oxygen atoms in total. The second kappa shape index (κ2) is 5.54. The number of thiophene rings is 1. The van der Waals surface area contributed by atoms with Crippen molar-refractivity contribution in [2.75, 3.05) is 12.8 Å². The Morgan fingerprint density at radius 2 is 2.14 bits per heavy atom. The number of hydrogen-bond donors (Lipinski definition) is 1. The molecule has 6 heteroatoms. The summed E-state index contributed by atoms with van der Waals surface area (Å²) >= 11 is 5.23. The van der Waals surface area contributed by atoms with Gasteiger partial charge in [-0.05, 0) is 29.6 Å². The van der Waals surface area contributed by atoms with E-state index in [2.05, 4.69) is 27.1 Å². The van der Waals surface area contributed by atoms with Gasteiger partial charge in [-0.25, -0.2) is 0 Å². The maximum Gasteiger partial charge on any atom is 0.130 e. The molecule has 0 bridgehead atoms. The number of nitrogen functional groups attached to an aromatic ring is 1. The number of ether oxygens (including phenoxy) is 1. The number of benzene rings is 1. The van der Waals surface area contributed by atoms with Gasteiger partial charge in [-0.15, -0.1) is 11.3 Å². The van der Waals surface area contributed by atoms with Crippen molar-refractivity contribution in [1.82, 2.24) is 9.78 Å². The highest BCUT2D eigenvalue weighted by atomic mass is 79.9. The Bertz CT molecular complexity index is 781. The minimum absolute atomic E-state index is 0.655. The Balaban J connectivity index is 2.26. The fourth-order valence-corrected chi connectivity index (χ4v) is 3.42. The summed E-state index contributed by atoms with van der Waals surface area (Å²) in [7, 11) is 3.50. The normalized spacial score (nSPS) is 10.8. The molecule has 0 spiro atoms. The molecule has 0 radical (unpaired) electrons. The number of hydrogen-bond acceptors (Lipinski definition) is 4. The van der Waals surface area contributed by atoms with Crippen molar-refractivity contribution in [3.8, 4) is 27.4 Å². The molecule has 0 saturated carbocycles. The number of nitrogens with zero attached hydrogens (tertiary/aromatic N) is 2. The lowest BCUT2D eigenvalue weighted by atomic mass is 10.1. The Kier molecular flexibility index (Phi) is 3.73. The number of aromatic nitrogens is 2. The molecule has 0 amide bonds. The third-order valence-electron chi connectivity index (χ3n) is 3.29. The fraction of sp³-hybridized carbons (Fsp3) is 0.133. The van der Waals surface area contributed by atoms with Gasteiger partial charge in [-0.3, -0.25) is 4.68 Å². The van der Waals surface area contributed by atoms with Crippen LogP contribution in [0.1, 0.15) is 0 Å². The molecule has 1 aromatic carbocycles. The number of halogens is 1. The monoisotopic (exact) mass is 363 g/mol. The van der Waals surface area contributed by atoms with Crippen molar-refractivity contribution in [2.24, 2.45) is 7.05 Å². The molecular weight excluding hydrogens is 350 g/mol. The van der Waals surface area contributed by atoms with E-state index in [9.17, 15) is 0 Å². The molecular formula is C15H14BrN3OS. The molecule has 0 unspecified atom stereocenters. The van der Waals surface area contributed by atoms with Crippen LogP contribution in [0.15, 0.2) is 40.2 Å². The van der Waals surface area contributed by atoms with Gasteiger partial charge in [0.05, 0.1) is 12.7 Å². The first kappa shape index (κ1) is 14.2. The van der Waals surface area contributed by atoms with E-state index < -0.39 is 0 Å². The van der Waals surface area contributed by atoms with Gasteiger partial charge in [-0.2, -0.15) is 5.10 Å². The van der Waals surface area contributed by atoms with E-state index in [4.69, 9.17) is 10.5 Å². The fourth-order valence-electron chi connectivity index (χ4n) is 2.20. The van der Waals surface area contributed by atoms with Crippen molar-refractivity contribution in [3.05, 3.63) is 40.2 Å². The predicted molar refractivity (Wildman–Crippen MR) is 90.6 cm³/mol. The lowest BCUT2D eigenvalue weighted by Gasteiger charge is -2.07. The lowest BCUT2D eigenvalue weighted by Crippen LogP contribution is -1.97. The summed E-state index contributed by atoms with van der Waals surface area (Å²) in [6.07, 6.45) is 0. The first-order chi connectivity index (χ1) is 10.1. The number of rotatable bonds is 3. The average Bonchev–Trinajstić information content (AvgIpc) is 3.09. The zero-order valence-corrected chi connectivity index (χ0v) is 14.0. The Morgan fingerprint density at radius 1 is 1.33 bits per heavy atom. The molecule has 0 aliphatic carbocycles. The molecule has 2 heterocycles. The van der Waals surface area contributed by atoms with Crippen LogP contribution in [0.3, 0.4) is 0 Å². The zero-order valence-electron chi connectivity index (χ0n) is 11.6. The Morgan fingerprint density at radius 3 is 2.81 bits per heavy atom. The van der Waals surface area contributed by atoms with Gasteiger partial charge >= 0.3 is 0 Å². The second-order valence-electron chi connectivity index (χ2n) is 4.56. The number of methoxy groups -OCH3 is 1. The van der Waals surface area contributed by atoms with E-state index in [1.807, 2.05) is 36.7 Å². The van der Waals surface area contributed by atoms with Gasteiger partial charge in [0.15, 0.2) is 0 Å². The van der Waals surface area contributed by atoms with E-state index in [1.54, 1.807) is 23.1 Å². The lowest BCUT2D eigenvalue weighted by molar-refractivity contribution is 0.415. The van der Waals surface area contributed by atoms with E-state index in [0.717, 1.165) is 31.9 Å². The maximum absolute atomic E-state index is 6.21. The predicted octanol–water partition coefficient (Wildman–Crippen LogP) is 4.17.